The first-order valence-corrected chi connectivity index (χ1v) is 8.00. The van der Waals surface area contributed by atoms with Gasteiger partial charge in [-0.05, 0) is 31.2 Å². The van der Waals surface area contributed by atoms with E-state index in [0.717, 1.165) is 0 Å². The van der Waals surface area contributed by atoms with Crippen LogP contribution in [0.4, 0.5) is 5.69 Å². The molecule has 2 aromatic rings. The SMILES string of the molecule is C[C@H](Oc1ccccc1[N+](=O)[O-])C(=O)NNC(=O)c1ccc(Cl)cc1Cl. The molecule has 0 spiro atoms. The minimum absolute atomic E-state index is 0.0628. The Bertz CT molecular complexity index is 860. The molecule has 0 aliphatic heterocycles. The number of nitrogens with one attached hydrogen (secondary N) is 2. The van der Waals surface area contributed by atoms with E-state index in [2.05, 4.69) is 10.9 Å². The van der Waals surface area contributed by atoms with E-state index in [1.807, 2.05) is 0 Å². The van der Waals surface area contributed by atoms with Crippen LogP contribution in [0.25, 0.3) is 0 Å². The Kier molecular flexibility index (Phi) is 6.37. The molecule has 0 aromatic heterocycles. The quantitative estimate of drug-likeness (QED) is 0.594. The summed E-state index contributed by atoms with van der Waals surface area (Å²) in [5.74, 6) is -1.42. The summed E-state index contributed by atoms with van der Waals surface area (Å²) in [7, 11) is 0. The van der Waals surface area contributed by atoms with Gasteiger partial charge in [-0.3, -0.25) is 30.6 Å². The van der Waals surface area contributed by atoms with Crippen LogP contribution in [0.1, 0.15) is 17.3 Å². The predicted octanol–water partition coefficient (Wildman–Crippen LogP) is 3.13. The highest BCUT2D eigenvalue weighted by molar-refractivity contribution is 6.36. The van der Waals surface area contributed by atoms with Crippen LogP contribution in [0.2, 0.25) is 10.0 Å². The van der Waals surface area contributed by atoms with Gasteiger partial charge in [0.25, 0.3) is 11.8 Å². The van der Waals surface area contributed by atoms with Crippen LogP contribution in [-0.2, 0) is 4.79 Å². The number of hydrogen-bond acceptors (Lipinski definition) is 5. The summed E-state index contributed by atoms with van der Waals surface area (Å²) in [5.41, 5.74) is 4.19. The molecule has 0 unspecified atom stereocenters. The second-order valence-electron chi connectivity index (χ2n) is 5.05. The lowest BCUT2D eigenvalue weighted by atomic mass is 10.2. The highest BCUT2D eigenvalue weighted by Gasteiger charge is 2.21. The zero-order valence-corrected chi connectivity index (χ0v) is 14.9. The van der Waals surface area contributed by atoms with Gasteiger partial charge in [-0.2, -0.15) is 0 Å². The Balaban J connectivity index is 1.97. The van der Waals surface area contributed by atoms with Gasteiger partial charge in [0, 0.05) is 11.1 Å². The fraction of sp³-hybridized carbons (Fsp3) is 0.125. The number of para-hydroxylation sites is 2. The topological polar surface area (TPSA) is 111 Å². The van der Waals surface area contributed by atoms with Gasteiger partial charge in [-0.15, -0.1) is 0 Å². The fourth-order valence-electron chi connectivity index (χ4n) is 1.91. The minimum Gasteiger partial charge on any atom is -0.474 e. The number of hydrogen-bond donors (Lipinski definition) is 2. The van der Waals surface area contributed by atoms with Crippen LogP contribution in [0.15, 0.2) is 42.5 Å². The van der Waals surface area contributed by atoms with Crippen LogP contribution in [0.3, 0.4) is 0 Å². The summed E-state index contributed by atoms with van der Waals surface area (Å²) in [6, 6.07) is 9.91. The zero-order chi connectivity index (χ0) is 19.3. The molecule has 0 radical (unpaired) electrons. The minimum atomic E-state index is -1.10. The molecule has 2 aromatic carbocycles. The first-order chi connectivity index (χ1) is 12.3. The van der Waals surface area contributed by atoms with Crippen LogP contribution >= 0.6 is 23.2 Å². The monoisotopic (exact) mass is 397 g/mol. The standard InChI is InChI=1S/C16H13Cl2N3O5/c1-9(26-14-5-3-2-4-13(14)21(24)25)15(22)19-20-16(23)11-7-6-10(17)8-12(11)18/h2-9H,1H3,(H,19,22)(H,20,23)/t9-/m0/s1. The molecule has 0 saturated carbocycles. The van der Waals surface area contributed by atoms with Crippen molar-refractivity contribution in [1.82, 2.24) is 10.9 Å². The molecule has 8 nitrogen and oxygen atoms in total. The number of halogens is 2. The number of ether oxygens (including phenoxy) is 1. The number of carbonyl (C=O) groups excluding carboxylic acids is 2. The van der Waals surface area contributed by atoms with Crippen molar-refractivity contribution < 1.29 is 19.2 Å². The van der Waals surface area contributed by atoms with Crippen molar-refractivity contribution in [3.05, 3.63) is 68.2 Å². The van der Waals surface area contributed by atoms with Gasteiger partial charge in [0.05, 0.1) is 15.5 Å². The molecule has 0 aliphatic carbocycles. The van der Waals surface area contributed by atoms with Crippen molar-refractivity contribution in [3.8, 4) is 5.75 Å². The van der Waals surface area contributed by atoms with Crippen LogP contribution in [-0.4, -0.2) is 22.8 Å². The number of nitro benzene ring substituents is 1. The summed E-state index contributed by atoms with van der Waals surface area (Å²) < 4.78 is 5.30. The molecule has 1 atom stereocenters. The van der Waals surface area contributed by atoms with Crippen molar-refractivity contribution in [3.63, 3.8) is 0 Å². The van der Waals surface area contributed by atoms with Crippen molar-refractivity contribution in [2.45, 2.75) is 13.0 Å². The molecule has 0 bridgehead atoms. The summed E-state index contributed by atoms with van der Waals surface area (Å²) in [5, 5.41) is 11.4. The van der Waals surface area contributed by atoms with Crippen molar-refractivity contribution in [1.29, 1.82) is 0 Å². The molecule has 26 heavy (non-hydrogen) atoms. The van der Waals surface area contributed by atoms with Gasteiger partial charge in [0.2, 0.25) is 0 Å². The molecule has 0 heterocycles. The number of hydrazine groups is 1. The fourth-order valence-corrected chi connectivity index (χ4v) is 2.41. The maximum absolute atomic E-state index is 12.0. The predicted molar refractivity (Wildman–Crippen MR) is 95.3 cm³/mol. The third kappa shape index (κ3) is 4.84. The van der Waals surface area contributed by atoms with Crippen molar-refractivity contribution in [2.24, 2.45) is 0 Å². The molecule has 10 heteroatoms. The molecular formula is C16H13Cl2N3O5. The van der Waals surface area contributed by atoms with Crippen LogP contribution < -0.4 is 15.6 Å². The highest BCUT2D eigenvalue weighted by Crippen LogP contribution is 2.26. The van der Waals surface area contributed by atoms with Gasteiger partial charge < -0.3 is 4.74 Å². The van der Waals surface area contributed by atoms with Gasteiger partial charge in [0.15, 0.2) is 11.9 Å². The maximum atomic E-state index is 12.0. The van der Waals surface area contributed by atoms with E-state index in [9.17, 15) is 19.7 Å². The van der Waals surface area contributed by atoms with E-state index in [1.165, 1.54) is 49.4 Å². The van der Waals surface area contributed by atoms with E-state index in [-0.39, 0.29) is 22.0 Å². The largest absolute Gasteiger partial charge is 0.474 e. The molecule has 2 amide bonds. The Labute approximate surface area is 158 Å². The van der Waals surface area contributed by atoms with Crippen molar-refractivity contribution >= 4 is 40.7 Å². The van der Waals surface area contributed by atoms with Gasteiger partial charge in [-0.25, -0.2) is 0 Å². The third-order valence-electron chi connectivity index (χ3n) is 3.21. The first-order valence-electron chi connectivity index (χ1n) is 7.25. The van der Waals surface area contributed by atoms with E-state index in [4.69, 9.17) is 27.9 Å². The normalized spacial score (nSPS) is 11.3. The van der Waals surface area contributed by atoms with E-state index < -0.39 is 22.8 Å². The average molecular weight is 398 g/mol. The Morgan fingerprint density at radius 1 is 1.15 bits per heavy atom. The Hall–Kier alpha value is -2.84. The zero-order valence-electron chi connectivity index (χ0n) is 13.4. The van der Waals surface area contributed by atoms with E-state index in [1.54, 1.807) is 0 Å². The van der Waals surface area contributed by atoms with Gasteiger partial charge in [-0.1, -0.05) is 35.3 Å². The summed E-state index contributed by atoms with van der Waals surface area (Å²) in [4.78, 5) is 34.4. The Morgan fingerprint density at radius 3 is 2.50 bits per heavy atom. The lowest BCUT2D eigenvalue weighted by molar-refractivity contribution is -0.386. The van der Waals surface area contributed by atoms with Crippen LogP contribution in [0.5, 0.6) is 5.75 Å². The van der Waals surface area contributed by atoms with Crippen molar-refractivity contribution in [2.75, 3.05) is 0 Å². The number of benzene rings is 2. The summed E-state index contributed by atoms with van der Waals surface area (Å²) in [6.45, 7) is 1.38. The molecule has 2 rings (SSSR count). The number of rotatable bonds is 5. The molecular weight excluding hydrogens is 385 g/mol. The van der Waals surface area contributed by atoms with Gasteiger partial charge in [0.1, 0.15) is 0 Å². The molecule has 136 valence electrons. The highest BCUT2D eigenvalue weighted by atomic mass is 35.5. The second-order valence-corrected chi connectivity index (χ2v) is 5.90. The lowest BCUT2D eigenvalue weighted by Gasteiger charge is -2.15. The van der Waals surface area contributed by atoms with Gasteiger partial charge >= 0.3 is 5.69 Å². The molecule has 0 aliphatic rings. The lowest BCUT2D eigenvalue weighted by Crippen LogP contribution is -2.47. The number of nitro groups is 1. The number of nitrogens with zero attached hydrogens (tertiary/aromatic N) is 1. The molecule has 2 N–H and O–H groups in total. The maximum Gasteiger partial charge on any atom is 0.310 e. The van der Waals surface area contributed by atoms with E-state index >= 15 is 0 Å². The third-order valence-corrected chi connectivity index (χ3v) is 3.76. The summed E-state index contributed by atoms with van der Waals surface area (Å²) in [6.07, 6.45) is -1.10. The smallest absolute Gasteiger partial charge is 0.310 e. The second kappa shape index (κ2) is 8.50. The molecule has 0 saturated heterocycles. The van der Waals surface area contributed by atoms with Crippen LogP contribution in [0, 0.1) is 10.1 Å². The molecule has 0 fully saturated rings. The Morgan fingerprint density at radius 2 is 1.85 bits per heavy atom. The summed E-state index contributed by atoms with van der Waals surface area (Å²) >= 11 is 11.7. The number of amides is 2. The van der Waals surface area contributed by atoms with E-state index in [0.29, 0.717) is 5.02 Å². The first kappa shape index (κ1) is 19.5. The number of carbonyl (C=O) groups is 2. The average Bonchev–Trinajstić information content (AvgIpc) is 2.59.